The number of carbonyl (C=O) groups is 1. The molecular weight excluding hydrogens is 326 g/mol. The van der Waals surface area contributed by atoms with Gasteiger partial charge in [-0.2, -0.15) is 5.10 Å². The quantitative estimate of drug-likeness (QED) is 0.799. The highest BCUT2D eigenvalue weighted by Crippen LogP contribution is 2.23. The lowest BCUT2D eigenvalue weighted by molar-refractivity contribution is -0.133. The zero-order valence-electron chi connectivity index (χ0n) is 16.0. The lowest BCUT2D eigenvalue weighted by Gasteiger charge is -2.33. The third kappa shape index (κ3) is 4.30. The van der Waals surface area contributed by atoms with E-state index in [1.165, 1.54) is 31.2 Å². The number of carbonyl (C=O) groups excluding carboxylic acids is 1. The highest BCUT2D eigenvalue weighted by Gasteiger charge is 2.24. The highest BCUT2D eigenvalue weighted by molar-refractivity contribution is 5.78. The number of hydrogen-bond donors (Lipinski definition) is 0. The van der Waals surface area contributed by atoms with Crippen LogP contribution in [0.25, 0.3) is 5.69 Å². The summed E-state index contributed by atoms with van der Waals surface area (Å²) in [6, 6.07) is 8.83. The van der Waals surface area contributed by atoms with E-state index >= 15 is 0 Å². The van der Waals surface area contributed by atoms with Gasteiger partial charge in [-0.05, 0) is 44.5 Å². The first-order valence-corrected chi connectivity index (χ1v) is 9.47. The molecule has 140 valence electrons. The normalized spacial score (nSPS) is 16.6. The molecule has 0 bridgehead atoms. The van der Waals surface area contributed by atoms with Crippen LogP contribution < -0.4 is 0 Å². The van der Waals surface area contributed by atoms with Crippen LogP contribution in [0.3, 0.4) is 0 Å². The first kappa shape index (κ1) is 18.6. The van der Waals surface area contributed by atoms with E-state index in [1.54, 1.807) is 11.0 Å². The minimum Gasteiger partial charge on any atom is -0.342 e. The fourth-order valence-corrected chi connectivity index (χ4v) is 3.64. The van der Waals surface area contributed by atoms with Gasteiger partial charge in [-0.15, -0.1) is 0 Å². The second kappa shape index (κ2) is 8.45. The number of amides is 1. The summed E-state index contributed by atoms with van der Waals surface area (Å²) in [6.45, 7) is 2.58. The van der Waals surface area contributed by atoms with Crippen LogP contribution in [0.1, 0.15) is 50.6 Å². The first-order chi connectivity index (χ1) is 12.6. The summed E-state index contributed by atoms with van der Waals surface area (Å²) in [7, 11) is 3.98. The van der Waals surface area contributed by atoms with Crippen LogP contribution in [0.2, 0.25) is 0 Å². The molecule has 1 saturated carbocycles. The minimum atomic E-state index is 0.170. The number of aromatic nitrogens is 3. The Morgan fingerprint density at radius 3 is 2.50 bits per heavy atom. The summed E-state index contributed by atoms with van der Waals surface area (Å²) < 4.78 is 1.74. The van der Waals surface area contributed by atoms with Gasteiger partial charge in [0.05, 0.1) is 12.2 Å². The summed E-state index contributed by atoms with van der Waals surface area (Å²) in [4.78, 5) is 20.7. The van der Waals surface area contributed by atoms with Crippen LogP contribution in [0.5, 0.6) is 0 Å². The van der Waals surface area contributed by atoms with Gasteiger partial charge >= 0.3 is 0 Å². The molecule has 0 aliphatic heterocycles. The molecule has 1 heterocycles. The SMILES string of the molecule is CC(c1ccc(-n2cncn2)cc1)N(C)CC(=O)N(C)C1CCCCC1. The second-order valence-electron chi connectivity index (χ2n) is 7.32. The predicted molar refractivity (Wildman–Crippen MR) is 102 cm³/mol. The molecule has 1 aromatic heterocycles. The van der Waals surface area contributed by atoms with Gasteiger partial charge < -0.3 is 4.90 Å². The van der Waals surface area contributed by atoms with Crippen molar-refractivity contribution in [2.75, 3.05) is 20.6 Å². The molecule has 0 spiro atoms. The van der Waals surface area contributed by atoms with Crippen molar-refractivity contribution >= 4 is 5.91 Å². The molecular formula is C20H29N5O. The summed E-state index contributed by atoms with van der Waals surface area (Å²) in [5.41, 5.74) is 2.17. The number of nitrogens with zero attached hydrogens (tertiary/aromatic N) is 5. The fraction of sp³-hybridized carbons (Fsp3) is 0.550. The molecule has 0 N–H and O–H groups in total. The van der Waals surface area contributed by atoms with E-state index in [0.29, 0.717) is 12.6 Å². The van der Waals surface area contributed by atoms with Crippen LogP contribution in [0.4, 0.5) is 0 Å². The van der Waals surface area contributed by atoms with Gasteiger partial charge in [-0.3, -0.25) is 9.69 Å². The lowest BCUT2D eigenvalue weighted by Crippen LogP contribution is -2.43. The second-order valence-corrected chi connectivity index (χ2v) is 7.32. The molecule has 1 aliphatic carbocycles. The molecule has 1 fully saturated rings. The molecule has 6 heteroatoms. The summed E-state index contributed by atoms with van der Waals surface area (Å²) in [5, 5.41) is 4.14. The van der Waals surface area contributed by atoms with Crippen molar-refractivity contribution in [3.8, 4) is 5.69 Å². The smallest absolute Gasteiger partial charge is 0.236 e. The Balaban J connectivity index is 1.58. The summed E-state index contributed by atoms with van der Waals surface area (Å²) >= 11 is 0. The van der Waals surface area contributed by atoms with E-state index in [1.807, 2.05) is 31.1 Å². The predicted octanol–water partition coefficient (Wildman–Crippen LogP) is 3.05. The van der Waals surface area contributed by atoms with Gasteiger partial charge in [0.2, 0.25) is 5.91 Å². The molecule has 1 atom stereocenters. The molecule has 6 nitrogen and oxygen atoms in total. The van der Waals surface area contributed by atoms with E-state index in [0.717, 1.165) is 18.5 Å². The number of hydrogen-bond acceptors (Lipinski definition) is 4. The van der Waals surface area contributed by atoms with Crippen LogP contribution in [-0.4, -0.2) is 57.2 Å². The Morgan fingerprint density at radius 2 is 1.88 bits per heavy atom. The van der Waals surface area contributed by atoms with Gasteiger partial charge in [-0.1, -0.05) is 31.4 Å². The zero-order chi connectivity index (χ0) is 18.5. The van der Waals surface area contributed by atoms with Crippen molar-refractivity contribution in [1.29, 1.82) is 0 Å². The van der Waals surface area contributed by atoms with Crippen molar-refractivity contribution in [3.05, 3.63) is 42.5 Å². The van der Waals surface area contributed by atoms with E-state index in [2.05, 4.69) is 34.0 Å². The van der Waals surface area contributed by atoms with Crippen LogP contribution >= 0.6 is 0 Å². The van der Waals surface area contributed by atoms with E-state index in [-0.39, 0.29) is 11.9 Å². The Bertz CT molecular complexity index is 692. The monoisotopic (exact) mass is 355 g/mol. The maximum absolute atomic E-state index is 12.7. The maximum Gasteiger partial charge on any atom is 0.236 e. The van der Waals surface area contributed by atoms with E-state index < -0.39 is 0 Å². The molecule has 1 unspecified atom stereocenters. The molecule has 1 aliphatic rings. The van der Waals surface area contributed by atoms with Crippen molar-refractivity contribution < 1.29 is 4.79 Å². The first-order valence-electron chi connectivity index (χ1n) is 9.47. The standard InChI is InChI=1S/C20H29N5O/c1-16(17-9-11-19(12-10-17)25-15-21-14-22-25)23(2)13-20(26)24(3)18-7-5-4-6-8-18/h9-12,14-16,18H,4-8,13H2,1-3H3. The third-order valence-corrected chi connectivity index (χ3v) is 5.62. The minimum absolute atomic E-state index is 0.170. The van der Waals surface area contributed by atoms with Crippen molar-refractivity contribution in [3.63, 3.8) is 0 Å². The average molecular weight is 355 g/mol. The molecule has 3 rings (SSSR count). The third-order valence-electron chi connectivity index (χ3n) is 5.62. The van der Waals surface area contributed by atoms with Crippen LogP contribution in [0, 0.1) is 0 Å². The summed E-state index contributed by atoms with van der Waals surface area (Å²) in [5.74, 6) is 0.213. The topological polar surface area (TPSA) is 54.3 Å². The van der Waals surface area contributed by atoms with Gasteiger partial charge in [0.1, 0.15) is 12.7 Å². The molecule has 1 amide bonds. The van der Waals surface area contributed by atoms with Crippen LogP contribution in [-0.2, 0) is 4.79 Å². The van der Waals surface area contributed by atoms with E-state index in [9.17, 15) is 4.79 Å². The van der Waals surface area contributed by atoms with E-state index in [4.69, 9.17) is 0 Å². The number of likely N-dealkylation sites (N-methyl/N-ethyl adjacent to an activating group) is 2. The van der Waals surface area contributed by atoms with Gasteiger partial charge in [0.15, 0.2) is 0 Å². The number of benzene rings is 1. The largest absolute Gasteiger partial charge is 0.342 e. The van der Waals surface area contributed by atoms with Gasteiger partial charge in [0.25, 0.3) is 0 Å². The molecule has 0 radical (unpaired) electrons. The molecule has 2 aromatic rings. The Hall–Kier alpha value is -2.21. The molecule has 26 heavy (non-hydrogen) atoms. The Morgan fingerprint density at radius 1 is 1.19 bits per heavy atom. The molecule has 0 saturated heterocycles. The fourth-order valence-electron chi connectivity index (χ4n) is 3.64. The van der Waals surface area contributed by atoms with Crippen molar-refractivity contribution in [1.82, 2.24) is 24.6 Å². The van der Waals surface area contributed by atoms with Crippen molar-refractivity contribution in [2.45, 2.75) is 51.1 Å². The van der Waals surface area contributed by atoms with Gasteiger partial charge in [-0.25, -0.2) is 9.67 Å². The average Bonchev–Trinajstić information content (AvgIpc) is 3.22. The van der Waals surface area contributed by atoms with Crippen LogP contribution in [0.15, 0.2) is 36.9 Å². The highest BCUT2D eigenvalue weighted by atomic mass is 16.2. The van der Waals surface area contributed by atoms with Gasteiger partial charge in [0, 0.05) is 19.1 Å². The summed E-state index contributed by atoms with van der Waals surface area (Å²) in [6.07, 6.45) is 9.29. The lowest BCUT2D eigenvalue weighted by atomic mass is 9.94. The number of rotatable bonds is 6. The van der Waals surface area contributed by atoms with Crippen molar-refractivity contribution in [2.24, 2.45) is 0 Å². The Labute approximate surface area is 155 Å². The Kier molecular flexibility index (Phi) is 6.04. The molecule has 1 aromatic carbocycles. The zero-order valence-corrected chi connectivity index (χ0v) is 16.0. The maximum atomic E-state index is 12.7.